The summed E-state index contributed by atoms with van der Waals surface area (Å²) in [5.74, 6) is -0.787. The quantitative estimate of drug-likeness (QED) is 0.872. The van der Waals surface area contributed by atoms with Gasteiger partial charge in [0.1, 0.15) is 5.75 Å². The zero-order valence-corrected chi connectivity index (χ0v) is 14.3. The molecule has 1 N–H and O–H groups in total. The Hall–Kier alpha value is -2.29. The predicted octanol–water partition coefficient (Wildman–Crippen LogP) is 1.36. The molecule has 26 heavy (non-hydrogen) atoms. The molecular weight excluding hydrogens is 351 g/mol. The topological polar surface area (TPSA) is 61.9 Å². The van der Waals surface area contributed by atoms with E-state index in [1.807, 2.05) is 0 Å². The van der Waals surface area contributed by atoms with Gasteiger partial charge in [-0.2, -0.15) is 0 Å². The van der Waals surface area contributed by atoms with Crippen LogP contribution in [-0.2, 0) is 16.1 Å². The summed E-state index contributed by atoms with van der Waals surface area (Å²) in [6, 6.07) is 5.55. The first-order valence-corrected chi connectivity index (χ1v) is 8.32. The summed E-state index contributed by atoms with van der Waals surface area (Å²) in [4.78, 5) is 27.8. The summed E-state index contributed by atoms with van der Waals surface area (Å²) in [5, 5.41) is 2.90. The van der Waals surface area contributed by atoms with Crippen LogP contribution in [0.15, 0.2) is 24.3 Å². The molecule has 6 nitrogen and oxygen atoms in total. The summed E-state index contributed by atoms with van der Waals surface area (Å²) in [5.41, 5.74) is 0.830. The number of likely N-dealkylation sites (N-methyl/N-ethyl adjacent to an activating group) is 1. The van der Waals surface area contributed by atoms with Crippen LogP contribution in [0.3, 0.4) is 0 Å². The highest BCUT2D eigenvalue weighted by atomic mass is 19.4. The van der Waals surface area contributed by atoms with Crippen molar-refractivity contribution >= 4 is 11.8 Å². The van der Waals surface area contributed by atoms with Gasteiger partial charge in [-0.25, -0.2) is 0 Å². The Bertz CT molecular complexity index is 678. The van der Waals surface area contributed by atoms with Crippen molar-refractivity contribution < 1.29 is 27.5 Å². The number of hydrogen-bond acceptors (Lipinski definition) is 4. The van der Waals surface area contributed by atoms with E-state index in [9.17, 15) is 22.8 Å². The lowest BCUT2D eigenvalue weighted by Gasteiger charge is -2.37. The Balaban J connectivity index is 1.63. The average Bonchev–Trinajstić information content (AvgIpc) is 2.65. The second-order valence-corrected chi connectivity index (χ2v) is 6.69. The summed E-state index contributed by atoms with van der Waals surface area (Å²) in [6.07, 6.45) is -4.05. The van der Waals surface area contributed by atoms with Gasteiger partial charge < -0.3 is 15.0 Å². The van der Waals surface area contributed by atoms with Crippen LogP contribution in [0.25, 0.3) is 0 Å². The molecule has 0 aromatic heterocycles. The first-order chi connectivity index (χ1) is 12.2. The number of nitrogens with zero attached hydrogens (tertiary/aromatic N) is 2. The fourth-order valence-electron chi connectivity index (χ4n) is 3.47. The predicted molar refractivity (Wildman–Crippen MR) is 86.1 cm³/mol. The van der Waals surface area contributed by atoms with Crippen LogP contribution in [0.5, 0.6) is 5.75 Å². The van der Waals surface area contributed by atoms with Crippen molar-refractivity contribution in [1.29, 1.82) is 0 Å². The van der Waals surface area contributed by atoms with Crippen molar-refractivity contribution in [2.24, 2.45) is 5.92 Å². The van der Waals surface area contributed by atoms with Gasteiger partial charge in [0.05, 0.1) is 12.5 Å². The zero-order chi connectivity index (χ0) is 18.9. The normalized spacial score (nSPS) is 24.7. The van der Waals surface area contributed by atoms with E-state index in [4.69, 9.17) is 0 Å². The molecule has 2 heterocycles. The minimum absolute atomic E-state index is 0.0620. The maximum absolute atomic E-state index is 12.5. The lowest BCUT2D eigenvalue weighted by Crippen LogP contribution is -2.52. The second-order valence-electron chi connectivity index (χ2n) is 6.69. The largest absolute Gasteiger partial charge is 0.573 e. The third-order valence-electron chi connectivity index (χ3n) is 4.68. The van der Waals surface area contributed by atoms with Crippen molar-refractivity contribution in [3.63, 3.8) is 0 Å². The number of halogens is 3. The number of fused-ring (bicyclic) bond motifs is 1. The van der Waals surface area contributed by atoms with Crippen LogP contribution < -0.4 is 10.1 Å². The summed E-state index contributed by atoms with van der Waals surface area (Å²) < 4.78 is 40.5. The maximum Gasteiger partial charge on any atom is 0.573 e. The van der Waals surface area contributed by atoms with E-state index in [-0.39, 0.29) is 36.1 Å². The van der Waals surface area contributed by atoms with Gasteiger partial charge >= 0.3 is 6.36 Å². The molecule has 9 heteroatoms. The van der Waals surface area contributed by atoms with Gasteiger partial charge in [0.2, 0.25) is 11.8 Å². The van der Waals surface area contributed by atoms with Crippen LogP contribution in [0.2, 0.25) is 0 Å². The molecule has 1 aromatic carbocycles. The van der Waals surface area contributed by atoms with Gasteiger partial charge in [-0.1, -0.05) is 12.1 Å². The first-order valence-electron chi connectivity index (χ1n) is 8.32. The number of carbonyl (C=O) groups excluding carboxylic acids is 2. The Morgan fingerprint density at radius 2 is 1.92 bits per heavy atom. The molecule has 0 spiro atoms. The number of benzene rings is 1. The number of ether oxygens (including phenoxy) is 1. The lowest BCUT2D eigenvalue weighted by molar-refractivity contribution is -0.274. The lowest BCUT2D eigenvalue weighted by atomic mass is 9.91. The van der Waals surface area contributed by atoms with Gasteiger partial charge in [-0.05, 0) is 24.1 Å². The second kappa shape index (κ2) is 7.14. The molecule has 2 atom stereocenters. The Labute approximate surface area is 148 Å². The van der Waals surface area contributed by atoms with E-state index >= 15 is 0 Å². The van der Waals surface area contributed by atoms with E-state index in [2.05, 4.69) is 15.0 Å². The van der Waals surface area contributed by atoms with Gasteiger partial charge in [-0.3, -0.25) is 14.5 Å². The number of rotatable bonds is 3. The SMILES string of the molecule is CN1CC(=O)N[C@@H]2CCN(Cc3ccc(OC(F)(F)F)cc3)C[C@@H]2C1=O. The highest BCUT2D eigenvalue weighted by Gasteiger charge is 2.39. The fourth-order valence-corrected chi connectivity index (χ4v) is 3.47. The highest BCUT2D eigenvalue weighted by Crippen LogP contribution is 2.25. The molecule has 0 radical (unpaired) electrons. The molecule has 2 saturated heterocycles. The average molecular weight is 371 g/mol. The summed E-state index contributed by atoms with van der Waals surface area (Å²) in [6.45, 7) is 1.77. The number of alkyl halides is 3. The number of nitrogens with one attached hydrogen (secondary N) is 1. The Morgan fingerprint density at radius 1 is 1.23 bits per heavy atom. The molecule has 142 valence electrons. The van der Waals surface area contributed by atoms with Crippen molar-refractivity contribution in [3.8, 4) is 5.75 Å². The number of carbonyl (C=O) groups is 2. The van der Waals surface area contributed by atoms with E-state index in [0.29, 0.717) is 26.1 Å². The van der Waals surface area contributed by atoms with E-state index in [1.165, 1.54) is 17.0 Å². The van der Waals surface area contributed by atoms with Gasteiger partial charge in [-0.15, -0.1) is 13.2 Å². The summed E-state index contributed by atoms with van der Waals surface area (Å²) in [7, 11) is 1.61. The number of amides is 2. The minimum atomic E-state index is -4.71. The highest BCUT2D eigenvalue weighted by molar-refractivity contribution is 5.89. The molecule has 0 unspecified atom stereocenters. The van der Waals surface area contributed by atoms with E-state index in [1.54, 1.807) is 19.2 Å². The molecule has 0 saturated carbocycles. The molecule has 0 bridgehead atoms. The number of hydrogen-bond donors (Lipinski definition) is 1. The van der Waals surface area contributed by atoms with Crippen molar-refractivity contribution in [1.82, 2.24) is 15.1 Å². The van der Waals surface area contributed by atoms with Crippen LogP contribution in [0.4, 0.5) is 13.2 Å². The van der Waals surface area contributed by atoms with Gasteiger partial charge in [0, 0.05) is 32.7 Å². The van der Waals surface area contributed by atoms with Crippen LogP contribution in [0.1, 0.15) is 12.0 Å². The smallest absolute Gasteiger partial charge is 0.406 e. The van der Waals surface area contributed by atoms with E-state index in [0.717, 1.165) is 5.56 Å². The van der Waals surface area contributed by atoms with Crippen LogP contribution in [0, 0.1) is 5.92 Å². The molecule has 2 fully saturated rings. The Kier molecular flexibility index (Phi) is 5.08. The molecular formula is C17H20F3N3O3. The molecule has 0 aliphatic carbocycles. The molecule has 1 aromatic rings. The van der Waals surface area contributed by atoms with Gasteiger partial charge in [0.25, 0.3) is 0 Å². The molecule has 2 aliphatic heterocycles. The number of piperidine rings is 1. The standard InChI is InChI=1S/C17H20F3N3O3/c1-22-10-15(24)21-14-6-7-23(9-13(14)16(22)25)8-11-2-4-12(5-3-11)26-17(18,19)20/h2-5,13-14H,6-10H2,1H3,(H,21,24)/t13-,14+/m0/s1. The fraction of sp³-hybridized carbons (Fsp3) is 0.529. The third-order valence-corrected chi connectivity index (χ3v) is 4.68. The van der Waals surface area contributed by atoms with E-state index < -0.39 is 6.36 Å². The third kappa shape index (κ3) is 4.46. The molecule has 2 amide bonds. The van der Waals surface area contributed by atoms with Crippen LogP contribution >= 0.6 is 0 Å². The molecule has 2 aliphatic rings. The van der Waals surface area contributed by atoms with Crippen molar-refractivity contribution in [3.05, 3.63) is 29.8 Å². The maximum atomic E-state index is 12.5. The number of likely N-dealkylation sites (tertiary alicyclic amines) is 1. The molecule has 3 rings (SSSR count). The first kappa shape index (κ1) is 18.5. The summed E-state index contributed by atoms with van der Waals surface area (Å²) >= 11 is 0. The Morgan fingerprint density at radius 3 is 2.58 bits per heavy atom. The minimum Gasteiger partial charge on any atom is -0.406 e. The van der Waals surface area contributed by atoms with Crippen LogP contribution in [-0.4, -0.2) is 60.7 Å². The zero-order valence-electron chi connectivity index (χ0n) is 14.3. The van der Waals surface area contributed by atoms with Crippen molar-refractivity contribution in [2.75, 3.05) is 26.7 Å². The monoisotopic (exact) mass is 371 g/mol. The van der Waals surface area contributed by atoms with Crippen molar-refractivity contribution in [2.45, 2.75) is 25.4 Å². The van der Waals surface area contributed by atoms with Gasteiger partial charge in [0.15, 0.2) is 0 Å².